The lowest BCUT2D eigenvalue weighted by Crippen LogP contribution is -2.33. The summed E-state index contributed by atoms with van der Waals surface area (Å²) < 4.78 is 6.47. The van der Waals surface area contributed by atoms with E-state index in [0.717, 1.165) is 6.54 Å². The summed E-state index contributed by atoms with van der Waals surface area (Å²) in [5.41, 5.74) is 0.685. The lowest BCUT2D eigenvalue weighted by Gasteiger charge is -2.32. The van der Waals surface area contributed by atoms with Crippen LogP contribution in [-0.4, -0.2) is 24.3 Å². The maximum Gasteiger partial charge on any atom is 0.0687 e. The van der Waals surface area contributed by atoms with E-state index in [-0.39, 0.29) is 0 Å². The van der Waals surface area contributed by atoms with Crippen molar-refractivity contribution in [1.29, 1.82) is 0 Å². The third-order valence-electron chi connectivity index (χ3n) is 5.04. The Labute approximate surface area is 119 Å². The molecule has 0 aromatic rings. The van der Waals surface area contributed by atoms with Crippen LogP contribution < -0.4 is 5.32 Å². The molecule has 0 radical (unpaired) electrons. The number of rotatable bonds is 6. The summed E-state index contributed by atoms with van der Waals surface area (Å²) in [5, 5.41) is 3.53. The molecule has 19 heavy (non-hydrogen) atoms. The second-order valence-corrected chi connectivity index (χ2v) is 7.70. The molecule has 1 heterocycles. The second kappa shape index (κ2) is 6.13. The Morgan fingerprint density at radius 1 is 1.26 bits per heavy atom. The van der Waals surface area contributed by atoms with E-state index >= 15 is 0 Å². The smallest absolute Gasteiger partial charge is 0.0687 e. The fraction of sp³-hybridized carbons (Fsp3) is 1.00. The Morgan fingerprint density at radius 3 is 2.58 bits per heavy atom. The number of hydrogen-bond donors (Lipinski definition) is 1. The van der Waals surface area contributed by atoms with Gasteiger partial charge in [-0.15, -0.1) is 0 Å². The van der Waals surface area contributed by atoms with Crippen LogP contribution in [-0.2, 0) is 4.74 Å². The summed E-state index contributed by atoms with van der Waals surface area (Å²) in [7, 11) is 0. The van der Waals surface area contributed by atoms with Gasteiger partial charge in [-0.2, -0.15) is 0 Å². The van der Waals surface area contributed by atoms with Crippen molar-refractivity contribution in [2.24, 2.45) is 5.41 Å². The van der Waals surface area contributed by atoms with Gasteiger partial charge in [-0.1, -0.05) is 33.6 Å². The minimum absolute atomic E-state index is 0.300. The number of hydrogen-bond acceptors (Lipinski definition) is 2. The molecule has 1 N–H and O–H groups in total. The van der Waals surface area contributed by atoms with Gasteiger partial charge < -0.3 is 10.1 Å². The molecule has 0 aromatic heterocycles. The highest BCUT2D eigenvalue weighted by molar-refractivity contribution is 4.94. The van der Waals surface area contributed by atoms with Crippen LogP contribution in [0.15, 0.2) is 0 Å². The molecule has 0 amide bonds. The maximum atomic E-state index is 6.47. The molecule has 1 aliphatic heterocycles. The van der Waals surface area contributed by atoms with Gasteiger partial charge in [0, 0.05) is 6.04 Å². The SMILES string of the molecule is CCNC(C)CC(C)(C)CC1CCC2(CCCC2)O1. The topological polar surface area (TPSA) is 21.3 Å². The van der Waals surface area contributed by atoms with E-state index in [1.54, 1.807) is 0 Å². The van der Waals surface area contributed by atoms with Crippen LogP contribution in [0.4, 0.5) is 0 Å². The Hall–Kier alpha value is -0.0800. The lowest BCUT2D eigenvalue weighted by atomic mass is 9.80. The molecule has 2 fully saturated rings. The zero-order valence-electron chi connectivity index (χ0n) is 13.4. The van der Waals surface area contributed by atoms with E-state index < -0.39 is 0 Å². The van der Waals surface area contributed by atoms with Crippen LogP contribution in [0.1, 0.15) is 79.1 Å². The van der Waals surface area contributed by atoms with Crippen molar-refractivity contribution in [1.82, 2.24) is 5.32 Å². The minimum Gasteiger partial charge on any atom is -0.372 e. The predicted octanol–water partition coefficient (Wildman–Crippen LogP) is 4.28. The Balaban J connectivity index is 1.80. The fourth-order valence-corrected chi connectivity index (χ4v) is 4.38. The van der Waals surface area contributed by atoms with Crippen LogP contribution in [0.25, 0.3) is 0 Å². The number of ether oxygens (including phenoxy) is 1. The largest absolute Gasteiger partial charge is 0.372 e. The van der Waals surface area contributed by atoms with Gasteiger partial charge >= 0.3 is 0 Å². The van der Waals surface area contributed by atoms with Crippen LogP contribution in [0.5, 0.6) is 0 Å². The molecule has 2 aliphatic rings. The maximum absolute atomic E-state index is 6.47. The van der Waals surface area contributed by atoms with E-state index in [2.05, 4.69) is 33.0 Å². The highest BCUT2D eigenvalue weighted by Crippen LogP contribution is 2.46. The molecular formula is C17H33NO. The van der Waals surface area contributed by atoms with Gasteiger partial charge in [0.1, 0.15) is 0 Å². The number of nitrogens with one attached hydrogen (secondary N) is 1. The zero-order valence-corrected chi connectivity index (χ0v) is 13.4. The molecule has 2 atom stereocenters. The molecule has 1 saturated carbocycles. The standard InChI is InChI=1S/C17H33NO/c1-5-18-14(2)12-16(3,4)13-15-8-11-17(19-15)9-6-7-10-17/h14-15,18H,5-13H2,1-4H3. The van der Waals surface area contributed by atoms with Crippen molar-refractivity contribution in [3.63, 3.8) is 0 Å². The van der Waals surface area contributed by atoms with Crippen LogP contribution in [0.2, 0.25) is 0 Å². The Morgan fingerprint density at radius 2 is 1.95 bits per heavy atom. The Bertz CT molecular complexity index is 281. The van der Waals surface area contributed by atoms with Crippen molar-refractivity contribution in [2.75, 3.05) is 6.54 Å². The molecule has 1 saturated heterocycles. The Kier molecular flexibility index (Phi) is 4.94. The van der Waals surface area contributed by atoms with Gasteiger partial charge in [-0.25, -0.2) is 0 Å². The molecule has 2 heteroatoms. The summed E-state index contributed by atoms with van der Waals surface area (Å²) >= 11 is 0. The monoisotopic (exact) mass is 267 g/mol. The first-order valence-electron chi connectivity index (χ1n) is 8.36. The fourth-order valence-electron chi connectivity index (χ4n) is 4.38. The second-order valence-electron chi connectivity index (χ2n) is 7.70. The van der Waals surface area contributed by atoms with Crippen molar-refractivity contribution >= 4 is 0 Å². The van der Waals surface area contributed by atoms with Gasteiger partial charge in [-0.3, -0.25) is 0 Å². The minimum atomic E-state index is 0.300. The zero-order chi connectivity index (χ0) is 13.9. The average Bonchev–Trinajstić information content (AvgIpc) is 2.89. The van der Waals surface area contributed by atoms with Crippen molar-refractivity contribution in [3.8, 4) is 0 Å². The van der Waals surface area contributed by atoms with Gasteiger partial charge in [0.15, 0.2) is 0 Å². The first kappa shape index (κ1) is 15.3. The van der Waals surface area contributed by atoms with Crippen molar-refractivity contribution < 1.29 is 4.74 Å². The molecular weight excluding hydrogens is 234 g/mol. The summed E-state index contributed by atoms with van der Waals surface area (Å²) in [5.74, 6) is 0. The summed E-state index contributed by atoms with van der Waals surface area (Å²) in [4.78, 5) is 0. The van der Waals surface area contributed by atoms with E-state index in [4.69, 9.17) is 4.74 Å². The third kappa shape index (κ3) is 4.19. The molecule has 0 aromatic carbocycles. The van der Waals surface area contributed by atoms with Gasteiger partial charge in [0.2, 0.25) is 0 Å². The van der Waals surface area contributed by atoms with Gasteiger partial charge in [-0.05, 0) is 57.4 Å². The van der Waals surface area contributed by atoms with Crippen LogP contribution >= 0.6 is 0 Å². The molecule has 2 nitrogen and oxygen atoms in total. The van der Waals surface area contributed by atoms with Gasteiger partial charge in [0.05, 0.1) is 11.7 Å². The molecule has 112 valence electrons. The first-order chi connectivity index (χ1) is 8.95. The van der Waals surface area contributed by atoms with E-state index in [1.807, 2.05) is 0 Å². The quantitative estimate of drug-likeness (QED) is 0.775. The van der Waals surface area contributed by atoms with E-state index in [9.17, 15) is 0 Å². The predicted molar refractivity (Wildman–Crippen MR) is 81.5 cm³/mol. The molecule has 2 rings (SSSR count). The third-order valence-corrected chi connectivity index (χ3v) is 5.04. The molecule has 0 bridgehead atoms. The van der Waals surface area contributed by atoms with Crippen LogP contribution in [0.3, 0.4) is 0 Å². The summed E-state index contributed by atoms with van der Waals surface area (Å²) in [6.07, 6.45) is 11.0. The highest BCUT2D eigenvalue weighted by atomic mass is 16.5. The normalized spacial score (nSPS) is 28.1. The van der Waals surface area contributed by atoms with E-state index in [0.29, 0.717) is 23.2 Å². The van der Waals surface area contributed by atoms with Crippen molar-refractivity contribution in [2.45, 2.75) is 96.8 Å². The molecule has 1 spiro atoms. The average molecular weight is 267 g/mol. The summed E-state index contributed by atoms with van der Waals surface area (Å²) in [6.45, 7) is 10.4. The lowest BCUT2D eigenvalue weighted by molar-refractivity contribution is -0.0516. The van der Waals surface area contributed by atoms with Gasteiger partial charge in [0.25, 0.3) is 0 Å². The van der Waals surface area contributed by atoms with Crippen molar-refractivity contribution in [3.05, 3.63) is 0 Å². The van der Waals surface area contributed by atoms with Crippen LogP contribution in [0, 0.1) is 5.41 Å². The molecule has 2 unspecified atom stereocenters. The van der Waals surface area contributed by atoms with E-state index in [1.165, 1.54) is 51.4 Å². The summed E-state index contributed by atoms with van der Waals surface area (Å²) in [6, 6.07) is 0.613. The first-order valence-corrected chi connectivity index (χ1v) is 8.36. The highest BCUT2D eigenvalue weighted by Gasteiger charge is 2.43. The molecule has 1 aliphatic carbocycles.